The van der Waals surface area contributed by atoms with E-state index >= 15 is 0 Å². The van der Waals surface area contributed by atoms with Crippen molar-refractivity contribution >= 4 is 11.6 Å². The quantitative estimate of drug-likeness (QED) is 0.671. The van der Waals surface area contributed by atoms with Gasteiger partial charge >= 0.3 is 0 Å². The standard InChI is InChI=1S/C16H26ClNO2/c1-4-5-6-7-8-9-14(18)12-10-15(19-2)16(20-3)11-13(12)17/h10-11,14H,4-9,18H2,1-3H3. The zero-order chi connectivity index (χ0) is 15.0. The van der Waals surface area contributed by atoms with Crippen molar-refractivity contribution in [2.75, 3.05) is 14.2 Å². The van der Waals surface area contributed by atoms with Gasteiger partial charge in [0, 0.05) is 17.1 Å². The second-order valence-electron chi connectivity index (χ2n) is 5.04. The predicted octanol–water partition coefficient (Wildman–Crippen LogP) is 4.72. The van der Waals surface area contributed by atoms with Crippen molar-refractivity contribution in [3.05, 3.63) is 22.7 Å². The fourth-order valence-corrected chi connectivity index (χ4v) is 2.57. The summed E-state index contributed by atoms with van der Waals surface area (Å²) in [6, 6.07) is 3.61. The molecule has 0 saturated carbocycles. The molecule has 0 aromatic heterocycles. The lowest BCUT2D eigenvalue weighted by molar-refractivity contribution is 0.354. The van der Waals surface area contributed by atoms with E-state index in [9.17, 15) is 0 Å². The van der Waals surface area contributed by atoms with Crippen LogP contribution in [0.25, 0.3) is 0 Å². The molecule has 1 atom stereocenters. The number of rotatable bonds is 9. The minimum atomic E-state index is -0.0519. The largest absolute Gasteiger partial charge is 0.493 e. The Balaban J connectivity index is 2.65. The van der Waals surface area contributed by atoms with E-state index in [2.05, 4.69) is 6.92 Å². The van der Waals surface area contributed by atoms with Gasteiger partial charge in [0.1, 0.15) is 0 Å². The van der Waals surface area contributed by atoms with Crippen LogP contribution in [0, 0.1) is 0 Å². The molecular weight excluding hydrogens is 274 g/mol. The van der Waals surface area contributed by atoms with Crippen LogP contribution >= 0.6 is 11.6 Å². The van der Waals surface area contributed by atoms with Gasteiger partial charge in [-0.2, -0.15) is 0 Å². The first-order valence-electron chi connectivity index (χ1n) is 7.31. The highest BCUT2D eigenvalue weighted by Crippen LogP contribution is 2.36. The van der Waals surface area contributed by atoms with Gasteiger partial charge in [-0.3, -0.25) is 0 Å². The maximum atomic E-state index is 6.28. The summed E-state index contributed by atoms with van der Waals surface area (Å²) in [7, 11) is 3.22. The van der Waals surface area contributed by atoms with Crippen LogP contribution in [-0.4, -0.2) is 14.2 Å². The molecule has 114 valence electrons. The second kappa shape index (κ2) is 9.09. The number of hydrogen-bond acceptors (Lipinski definition) is 3. The molecule has 0 aliphatic rings. The SMILES string of the molecule is CCCCCCCC(N)c1cc(OC)c(OC)cc1Cl. The molecule has 1 rings (SSSR count). The first-order chi connectivity index (χ1) is 9.63. The van der Waals surface area contributed by atoms with Crippen LogP contribution in [-0.2, 0) is 0 Å². The average molecular weight is 300 g/mol. The summed E-state index contributed by atoms with van der Waals surface area (Å²) in [5.74, 6) is 1.31. The van der Waals surface area contributed by atoms with Crippen LogP contribution in [0.15, 0.2) is 12.1 Å². The van der Waals surface area contributed by atoms with Crippen LogP contribution in [0.2, 0.25) is 5.02 Å². The fourth-order valence-electron chi connectivity index (χ4n) is 2.28. The zero-order valence-corrected chi connectivity index (χ0v) is 13.5. The van der Waals surface area contributed by atoms with Gasteiger partial charge in [-0.1, -0.05) is 50.6 Å². The van der Waals surface area contributed by atoms with E-state index in [-0.39, 0.29) is 6.04 Å². The van der Waals surface area contributed by atoms with Gasteiger partial charge in [0.15, 0.2) is 11.5 Å². The lowest BCUT2D eigenvalue weighted by Gasteiger charge is -2.17. The Labute approximate surface area is 127 Å². The highest BCUT2D eigenvalue weighted by atomic mass is 35.5. The third-order valence-electron chi connectivity index (χ3n) is 3.52. The highest BCUT2D eigenvalue weighted by molar-refractivity contribution is 6.31. The van der Waals surface area contributed by atoms with Crippen LogP contribution in [0.1, 0.15) is 57.1 Å². The normalized spacial score (nSPS) is 12.2. The number of methoxy groups -OCH3 is 2. The molecule has 0 aliphatic heterocycles. The average Bonchev–Trinajstić information content (AvgIpc) is 2.46. The van der Waals surface area contributed by atoms with Crippen molar-refractivity contribution in [2.45, 2.75) is 51.5 Å². The maximum absolute atomic E-state index is 6.28. The summed E-state index contributed by atoms with van der Waals surface area (Å²) < 4.78 is 10.5. The van der Waals surface area contributed by atoms with Crippen molar-refractivity contribution in [1.29, 1.82) is 0 Å². The van der Waals surface area contributed by atoms with Crippen LogP contribution in [0.5, 0.6) is 11.5 Å². The van der Waals surface area contributed by atoms with Gasteiger partial charge in [0.25, 0.3) is 0 Å². The first kappa shape index (κ1) is 17.1. The topological polar surface area (TPSA) is 44.5 Å². The lowest BCUT2D eigenvalue weighted by Crippen LogP contribution is -2.11. The van der Waals surface area contributed by atoms with Gasteiger partial charge in [-0.05, 0) is 18.1 Å². The van der Waals surface area contributed by atoms with Gasteiger partial charge in [0.2, 0.25) is 0 Å². The summed E-state index contributed by atoms with van der Waals surface area (Å²) in [6.45, 7) is 2.22. The third kappa shape index (κ3) is 4.88. The number of unbranched alkanes of at least 4 members (excludes halogenated alkanes) is 4. The number of benzene rings is 1. The Morgan fingerprint density at radius 3 is 2.25 bits per heavy atom. The third-order valence-corrected chi connectivity index (χ3v) is 3.85. The second-order valence-corrected chi connectivity index (χ2v) is 5.45. The monoisotopic (exact) mass is 299 g/mol. The number of ether oxygens (including phenoxy) is 2. The minimum Gasteiger partial charge on any atom is -0.493 e. The molecule has 1 aromatic rings. The van der Waals surface area contributed by atoms with Crippen LogP contribution < -0.4 is 15.2 Å². The van der Waals surface area contributed by atoms with Gasteiger partial charge in [-0.15, -0.1) is 0 Å². The molecule has 3 nitrogen and oxygen atoms in total. The minimum absolute atomic E-state index is 0.0519. The molecule has 0 amide bonds. The molecule has 4 heteroatoms. The fraction of sp³-hybridized carbons (Fsp3) is 0.625. The Bertz CT molecular complexity index is 410. The van der Waals surface area contributed by atoms with Crippen molar-refractivity contribution in [3.63, 3.8) is 0 Å². The lowest BCUT2D eigenvalue weighted by atomic mass is 10.00. The number of nitrogens with two attached hydrogens (primary N) is 1. The maximum Gasteiger partial charge on any atom is 0.162 e. The van der Waals surface area contributed by atoms with E-state index < -0.39 is 0 Å². The Morgan fingerprint density at radius 1 is 1.05 bits per heavy atom. The summed E-state index contributed by atoms with van der Waals surface area (Å²) >= 11 is 6.28. The molecule has 0 saturated heterocycles. The molecule has 0 radical (unpaired) electrons. The van der Waals surface area contributed by atoms with Crippen LogP contribution in [0.4, 0.5) is 0 Å². The first-order valence-corrected chi connectivity index (χ1v) is 7.68. The zero-order valence-electron chi connectivity index (χ0n) is 12.7. The van der Waals surface area contributed by atoms with Gasteiger partial charge in [-0.25, -0.2) is 0 Å². The molecule has 0 fully saturated rings. The van der Waals surface area contributed by atoms with E-state index in [1.165, 1.54) is 25.7 Å². The molecule has 0 aliphatic carbocycles. The molecular formula is C16H26ClNO2. The summed E-state index contributed by atoms with van der Waals surface area (Å²) in [4.78, 5) is 0. The van der Waals surface area contributed by atoms with Crippen molar-refractivity contribution in [3.8, 4) is 11.5 Å². The van der Waals surface area contributed by atoms with E-state index in [1.54, 1.807) is 20.3 Å². The molecule has 0 bridgehead atoms. The van der Waals surface area contributed by atoms with E-state index in [4.69, 9.17) is 26.8 Å². The Hall–Kier alpha value is -0.930. The van der Waals surface area contributed by atoms with Crippen molar-refractivity contribution in [2.24, 2.45) is 5.73 Å². The van der Waals surface area contributed by atoms with Gasteiger partial charge < -0.3 is 15.2 Å². The van der Waals surface area contributed by atoms with E-state index in [0.29, 0.717) is 16.5 Å². The highest BCUT2D eigenvalue weighted by Gasteiger charge is 2.15. The summed E-state index contributed by atoms with van der Waals surface area (Å²) in [5, 5.41) is 0.642. The van der Waals surface area contributed by atoms with Crippen molar-refractivity contribution in [1.82, 2.24) is 0 Å². The number of halogens is 1. The Morgan fingerprint density at radius 2 is 1.65 bits per heavy atom. The van der Waals surface area contributed by atoms with E-state index in [1.807, 2.05) is 6.07 Å². The van der Waals surface area contributed by atoms with Crippen LogP contribution in [0.3, 0.4) is 0 Å². The van der Waals surface area contributed by atoms with Gasteiger partial charge in [0.05, 0.1) is 14.2 Å². The summed E-state index contributed by atoms with van der Waals surface area (Å²) in [5.41, 5.74) is 7.18. The molecule has 1 unspecified atom stereocenters. The molecule has 2 N–H and O–H groups in total. The predicted molar refractivity (Wildman–Crippen MR) is 84.9 cm³/mol. The Kier molecular flexibility index (Phi) is 7.78. The summed E-state index contributed by atoms with van der Waals surface area (Å²) in [6.07, 6.45) is 7.14. The molecule has 20 heavy (non-hydrogen) atoms. The molecule has 0 heterocycles. The molecule has 0 spiro atoms. The molecule has 1 aromatic carbocycles. The van der Waals surface area contributed by atoms with Crippen molar-refractivity contribution < 1.29 is 9.47 Å². The van der Waals surface area contributed by atoms with E-state index in [0.717, 1.165) is 18.4 Å². The smallest absolute Gasteiger partial charge is 0.162 e. The number of hydrogen-bond donors (Lipinski definition) is 1.